The number of aryl methyl sites for hydroxylation is 2. The van der Waals surface area contributed by atoms with E-state index in [1.165, 1.54) is 0 Å². The minimum absolute atomic E-state index is 0.0775. The van der Waals surface area contributed by atoms with Crippen molar-refractivity contribution in [2.24, 2.45) is 5.10 Å². The van der Waals surface area contributed by atoms with E-state index < -0.39 is 0 Å². The molecule has 2 aromatic rings. The van der Waals surface area contributed by atoms with Crippen molar-refractivity contribution in [2.75, 3.05) is 13.2 Å². The summed E-state index contributed by atoms with van der Waals surface area (Å²) in [7, 11) is 0. The molecule has 138 valence electrons. The van der Waals surface area contributed by atoms with Crippen molar-refractivity contribution in [2.45, 2.75) is 33.6 Å². The van der Waals surface area contributed by atoms with Crippen LogP contribution in [0.2, 0.25) is 0 Å². The Bertz CT molecular complexity index is 739. The Balaban J connectivity index is 1.76. The molecule has 0 aliphatic carbocycles. The quantitative estimate of drug-likeness (QED) is 0.420. The number of hydrogen-bond donors (Lipinski definition) is 1. The van der Waals surface area contributed by atoms with E-state index in [2.05, 4.69) is 17.5 Å². The topological polar surface area (TPSA) is 59.9 Å². The van der Waals surface area contributed by atoms with E-state index in [0.717, 1.165) is 41.9 Å². The van der Waals surface area contributed by atoms with Crippen LogP contribution in [0.1, 0.15) is 36.5 Å². The Morgan fingerprint density at radius 2 is 1.88 bits per heavy atom. The maximum Gasteiger partial charge on any atom is 0.277 e. The van der Waals surface area contributed by atoms with E-state index in [1.54, 1.807) is 6.21 Å². The van der Waals surface area contributed by atoms with Crippen molar-refractivity contribution in [1.29, 1.82) is 0 Å². The number of nitrogens with one attached hydrogen (secondary N) is 1. The molecule has 0 radical (unpaired) electrons. The van der Waals surface area contributed by atoms with Crippen molar-refractivity contribution in [3.63, 3.8) is 0 Å². The molecule has 26 heavy (non-hydrogen) atoms. The molecule has 0 fully saturated rings. The Morgan fingerprint density at radius 3 is 2.62 bits per heavy atom. The minimum atomic E-state index is -0.304. The van der Waals surface area contributed by atoms with Crippen LogP contribution in [0.5, 0.6) is 11.5 Å². The van der Waals surface area contributed by atoms with Gasteiger partial charge in [0, 0.05) is 0 Å². The summed E-state index contributed by atoms with van der Waals surface area (Å²) in [5.74, 6) is 1.24. The normalized spacial score (nSPS) is 10.7. The van der Waals surface area contributed by atoms with Crippen LogP contribution in [-0.2, 0) is 4.79 Å². The number of amides is 1. The van der Waals surface area contributed by atoms with Gasteiger partial charge in [0.05, 0.1) is 12.8 Å². The third-order valence-electron chi connectivity index (χ3n) is 3.75. The van der Waals surface area contributed by atoms with Crippen molar-refractivity contribution in [1.82, 2.24) is 5.43 Å². The highest BCUT2D eigenvalue weighted by Gasteiger charge is 2.04. The molecule has 0 aliphatic heterocycles. The molecule has 1 N–H and O–H groups in total. The van der Waals surface area contributed by atoms with Gasteiger partial charge in [-0.15, -0.1) is 0 Å². The molecule has 0 aliphatic rings. The van der Waals surface area contributed by atoms with Gasteiger partial charge in [0.1, 0.15) is 11.5 Å². The molecule has 5 nitrogen and oxygen atoms in total. The van der Waals surface area contributed by atoms with Gasteiger partial charge in [-0.3, -0.25) is 4.79 Å². The van der Waals surface area contributed by atoms with Gasteiger partial charge in [0.15, 0.2) is 6.61 Å². The van der Waals surface area contributed by atoms with E-state index in [-0.39, 0.29) is 12.5 Å². The fraction of sp³-hybridized carbons (Fsp3) is 0.333. The lowest BCUT2D eigenvalue weighted by Crippen LogP contribution is -2.24. The Hall–Kier alpha value is -2.82. The first kappa shape index (κ1) is 19.5. The summed E-state index contributed by atoms with van der Waals surface area (Å²) in [6.07, 6.45) is 3.74. The van der Waals surface area contributed by atoms with Crippen molar-refractivity contribution >= 4 is 12.1 Å². The first-order valence-electron chi connectivity index (χ1n) is 8.83. The summed E-state index contributed by atoms with van der Waals surface area (Å²) in [4.78, 5) is 11.8. The summed E-state index contributed by atoms with van der Waals surface area (Å²) in [6, 6.07) is 13.5. The number of ether oxygens (including phenoxy) is 2. The van der Waals surface area contributed by atoms with E-state index in [4.69, 9.17) is 9.47 Å². The second-order valence-electron chi connectivity index (χ2n) is 6.12. The zero-order valence-electron chi connectivity index (χ0n) is 15.6. The van der Waals surface area contributed by atoms with Gasteiger partial charge in [0.25, 0.3) is 5.91 Å². The lowest BCUT2D eigenvalue weighted by atomic mass is 10.1. The van der Waals surface area contributed by atoms with Crippen LogP contribution >= 0.6 is 0 Å². The molecule has 0 spiro atoms. The van der Waals surface area contributed by atoms with Gasteiger partial charge in [0.2, 0.25) is 0 Å². The summed E-state index contributed by atoms with van der Waals surface area (Å²) in [5, 5.41) is 3.95. The highest BCUT2D eigenvalue weighted by Crippen LogP contribution is 2.18. The highest BCUT2D eigenvalue weighted by molar-refractivity contribution is 5.83. The Kier molecular flexibility index (Phi) is 7.68. The number of carbonyl (C=O) groups is 1. The number of rotatable bonds is 9. The molecule has 0 aromatic heterocycles. The Morgan fingerprint density at radius 1 is 1.12 bits per heavy atom. The predicted octanol–water partition coefficient (Wildman–Crippen LogP) is 4.01. The van der Waals surface area contributed by atoms with Crippen LogP contribution in [0.25, 0.3) is 0 Å². The minimum Gasteiger partial charge on any atom is -0.494 e. The number of unbranched alkanes of at least 4 members (excludes halogenated alkanes) is 1. The lowest BCUT2D eigenvalue weighted by Gasteiger charge is -2.08. The fourth-order valence-electron chi connectivity index (χ4n) is 2.20. The van der Waals surface area contributed by atoms with Crippen LogP contribution in [0, 0.1) is 13.8 Å². The molecule has 0 atom stereocenters. The molecule has 0 heterocycles. The first-order valence-corrected chi connectivity index (χ1v) is 8.83. The highest BCUT2D eigenvalue weighted by atomic mass is 16.5. The molecule has 0 saturated heterocycles. The number of nitrogens with zero attached hydrogens (tertiary/aromatic N) is 1. The lowest BCUT2D eigenvalue weighted by molar-refractivity contribution is -0.123. The van der Waals surface area contributed by atoms with Crippen LogP contribution in [0.3, 0.4) is 0 Å². The van der Waals surface area contributed by atoms with Gasteiger partial charge >= 0.3 is 0 Å². The van der Waals surface area contributed by atoms with Crippen LogP contribution in [0.15, 0.2) is 47.6 Å². The summed E-state index contributed by atoms with van der Waals surface area (Å²) >= 11 is 0. The van der Waals surface area contributed by atoms with E-state index in [0.29, 0.717) is 5.75 Å². The molecule has 1 amide bonds. The van der Waals surface area contributed by atoms with Gasteiger partial charge in [-0.05, 0) is 67.3 Å². The SMILES string of the molecule is CCCCOc1ccc(C=NNC(=O)COc2cc(C)ccc2C)cc1. The van der Waals surface area contributed by atoms with E-state index in [1.807, 2.05) is 56.3 Å². The summed E-state index contributed by atoms with van der Waals surface area (Å²) in [5.41, 5.74) is 5.43. The molecular formula is C21H26N2O3. The number of hydrogen-bond acceptors (Lipinski definition) is 4. The molecule has 0 bridgehead atoms. The second kappa shape index (κ2) is 10.2. The van der Waals surface area contributed by atoms with Gasteiger partial charge in [-0.25, -0.2) is 5.43 Å². The molecule has 5 heteroatoms. The van der Waals surface area contributed by atoms with Crippen LogP contribution in [-0.4, -0.2) is 25.3 Å². The molecule has 2 aromatic carbocycles. The number of carbonyl (C=O) groups excluding carboxylic acids is 1. The predicted molar refractivity (Wildman–Crippen MR) is 104 cm³/mol. The third kappa shape index (κ3) is 6.59. The monoisotopic (exact) mass is 354 g/mol. The van der Waals surface area contributed by atoms with Gasteiger partial charge in [-0.2, -0.15) is 5.10 Å². The average molecular weight is 354 g/mol. The maximum atomic E-state index is 11.8. The number of hydrazone groups is 1. The Labute approximate surface area is 155 Å². The zero-order valence-corrected chi connectivity index (χ0v) is 15.6. The van der Waals surface area contributed by atoms with Crippen LogP contribution < -0.4 is 14.9 Å². The van der Waals surface area contributed by atoms with Gasteiger partial charge < -0.3 is 9.47 Å². The maximum absolute atomic E-state index is 11.8. The molecular weight excluding hydrogens is 328 g/mol. The largest absolute Gasteiger partial charge is 0.494 e. The molecule has 2 rings (SSSR count). The van der Waals surface area contributed by atoms with Crippen molar-refractivity contribution < 1.29 is 14.3 Å². The summed E-state index contributed by atoms with van der Waals surface area (Å²) in [6.45, 7) is 6.70. The zero-order chi connectivity index (χ0) is 18.8. The van der Waals surface area contributed by atoms with Gasteiger partial charge in [-0.1, -0.05) is 25.5 Å². The van der Waals surface area contributed by atoms with Crippen molar-refractivity contribution in [3.8, 4) is 11.5 Å². The first-order chi connectivity index (χ1) is 12.6. The smallest absolute Gasteiger partial charge is 0.277 e. The molecule has 0 saturated carbocycles. The third-order valence-corrected chi connectivity index (χ3v) is 3.75. The van der Waals surface area contributed by atoms with E-state index in [9.17, 15) is 4.79 Å². The fourth-order valence-corrected chi connectivity index (χ4v) is 2.20. The molecule has 0 unspecified atom stereocenters. The van der Waals surface area contributed by atoms with Crippen LogP contribution in [0.4, 0.5) is 0 Å². The second-order valence-corrected chi connectivity index (χ2v) is 6.12. The summed E-state index contributed by atoms with van der Waals surface area (Å²) < 4.78 is 11.1. The average Bonchev–Trinajstić information content (AvgIpc) is 2.64. The van der Waals surface area contributed by atoms with E-state index >= 15 is 0 Å². The number of benzene rings is 2. The standard InChI is InChI=1S/C21H26N2O3/c1-4-5-12-25-19-10-8-18(9-11-19)14-22-23-21(24)15-26-20-13-16(2)6-7-17(20)3/h6-11,13-14H,4-5,12,15H2,1-3H3,(H,23,24). The van der Waals surface area contributed by atoms with Crippen molar-refractivity contribution in [3.05, 3.63) is 59.2 Å².